The largest absolute Gasteiger partial charge is 0.339 e. The maximum atomic E-state index is 13.2. The van der Waals surface area contributed by atoms with E-state index in [4.69, 9.17) is 5.26 Å². The molecule has 0 aliphatic heterocycles. The Hall–Kier alpha value is -3.72. The summed E-state index contributed by atoms with van der Waals surface area (Å²) in [7, 11) is 0. The lowest BCUT2D eigenvalue weighted by molar-refractivity contribution is 0.102. The summed E-state index contributed by atoms with van der Waals surface area (Å²) in [6.07, 6.45) is 1.48. The second-order valence-corrected chi connectivity index (χ2v) is 5.18. The Morgan fingerprint density at radius 1 is 1.08 bits per heavy atom. The Kier molecular flexibility index (Phi) is 4.67. The molecule has 0 radical (unpaired) electrons. The lowest BCUT2D eigenvalue weighted by Crippen LogP contribution is -2.12. The van der Waals surface area contributed by atoms with E-state index >= 15 is 0 Å². The molecule has 0 saturated heterocycles. The molecule has 2 N–H and O–H groups in total. The normalized spacial score (nSPS) is 9.92. The second-order valence-electron chi connectivity index (χ2n) is 5.18. The van der Waals surface area contributed by atoms with Gasteiger partial charge in [0.25, 0.3) is 5.91 Å². The van der Waals surface area contributed by atoms with Gasteiger partial charge in [0.2, 0.25) is 0 Å². The second kappa shape index (κ2) is 7.23. The average molecular weight is 332 g/mol. The fourth-order valence-electron chi connectivity index (χ4n) is 2.20. The third-order valence-electron chi connectivity index (χ3n) is 3.42. The highest BCUT2D eigenvalue weighted by Gasteiger charge is 2.08. The predicted molar refractivity (Wildman–Crippen MR) is 93.0 cm³/mol. The van der Waals surface area contributed by atoms with Crippen molar-refractivity contribution in [2.75, 3.05) is 10.6 Å². The fraction of sp³-hybridized carbons (Fsp3) is 0. The van der Waals surface area contributed by atoms with Gasteiger partial charge in [-0.2, -0.15) is 5.26 Å². The van der Waals surface area contributed by atoms with E-state index in [1.165, 1.54) is 24.4 Å². The van der Waals surface area contributed by atoms with Gasteiger partial charge in [-0.1, -0.05) is 18.2 Å². The smallest absolute Gasteiger partial charge is 0.255 e. The molecule has 0 bridgehead atoms. The van der Waals surface area contributed by atoms with Crippen LogP contribution >= 0.6 is 0 Å². The van der Waals surface area contributed by atoms with Gasteiger partial charge < -0.3 is 10.6 Å². The lowest BCUT2D eigenvalue weighted by atomic mass is 10.2. The van der Waals surface area contributed by atoms with Gasteiger partial charge in [0.1, 0.15) is 17.7 Å². The summed E-state index contributed by atoms with van der Waals surface area (Å²) in [6, 6.07) is 18.0. The molecule has 0 aliphatic carbocycles. The number of anilines is 3. The van der Waals surface area contributed by atoms with Crippen molar-refractivity contribution in [1.29, 1.82) is 5.26 Å². The van der Waals surface area contributed by atoms with Crippen LogP contribution in [0.4, 0.5) is 21.6 Å². The molecular weight excluding hydrogens is 319 g/mol. The van der Waals surface area contributed by atoms with E-state index in [2.05, 4.69) is 21.7 Å². The first-order chi connectivity index (χ1) is 12.2. The van der Waals surface area contributed by atoms with Crippen molar-refractivity contribution in [3.05, 3.63) is 83.8 Å². The van der Waals surface area contributed by atoms with Crippen molar-refractivity contribution in [2.45, 2.75) is 0 Å². The van der Waals surface area contributed by atoms with Gasteiger partial charge in [0, 0.05) is 5.56 Å². The summed E-state index contributed by atoms with van der Waals surface area (Å²) in [6.45, 7) is 0. The molecule has 1 aromatic heterocycles. The molecule has 25 heavy (non-hydrogen) atoms. The Bertz CT molecular complexity index is 948. The molecule has 0 unspecified atom stereocenters. The van der Waals surface area contributed by atoms with E-state index < -0.39 is 11.7 Å². The number of carbonyl (C=O) groups is 1. The zero-order valence-electron chi connectivity index (χ0n) is 13.0. The van der Waals surface area contributed by atoms with Gasteiger partial charge in [0.05, 0.1) is 23.1 Å². The van der Waals surface area contributed by atoms with Crippen LogP contribution in [0.5, 0.6) is 0 Å². The third-order valence-corrected chi connectivity index (χ3v) is 3.42. The number of hydrogen-bond acceptors (Lipinski definition) is 4. The third kappa shape index (κ3) is 3.98. The zero-order chi connectivity index (χ0) is 17.6. The van der Waals surface area contributed by atoms with Crippen molar-refractivity contribution >= 4 is 23.1 Å². The van der Waals surface area contributed by atoms with Crippen LogP contribution in [0.1, 0.15) is 15.9 Å². The fourth-order valence-corrected chi connectivity index (χ4v) is 2.20. The standard InChI is InChI=1S/C19H13FN4O/c20-15-6-3-5-13(10-15)19(25)23-16-8-9-18(22-12-16)24-17-7-2-1-4-14(17)11-21/h1-10,12H,(H,22,24)(H,23,25). The molecule has 1 amide bonds. The van der Waals surface area contributed by atoms with Crippen LogP contribution in [0.3, 0.4) is 0 Å². The van der Waals surface area contributed by atoms with Crippen LogP contribution in [0, 0.1) is 17.1 Å². The van der Waals surface area contributed by atoms with Crippen LogP contribution in [0.15, 0.2) is 66.9 Å². The van der Waals surface area contributed by atoms with Gasteiger partial charge in [-0.15, -0.1) is 0 Å². The highest BCUT2D eigenvalue weighted by atomic mass is 19.1. The highest BCUT2D eigenvalue weighted by molar-refractivity contribution is 6.04. The number of nitrogens with zero attached hydrogens (tertiary/aromatic N) is 2. The number of carbonyl (C=O) groups excluding carboxylic acids is 1. The summed E-state index contributed by atoms with van der Waals surface area (Å²) in [5, 5.41) is 14.8. The predicted octanol–water partition coefficient (Wildman–Crippen LogP) is 4.09. The quantitative estimate of drug-likeness (QED) is 0.754. The monoisotopic (exact) mass is 332 g/mol. The number of hydrogen-bond donors (Lipinski definition) is 2. The molecule has 0 saturated carbocycles. The molecular formula is C19H13FN4O. The van der Waals surface area contributed by atoms with Crippen LogP contribution < -0.4 is 10.6 Å². The Labute approximate surface area is 143 Å². The zero-order valence-corrected chi connectivity index (χ0v) is 13.0. The average Bonchev–Trinajstić information content (AvgIpc) is 2.64. The van der Waals surface area contributed by atoms with Gasteiger partial charge in [-0.3, -0.25) is 4.79 Å². The van der Waals surface area contributed by atoms with Crippen LogP contribution in [-0.4, -0.2) is 10.9 Å². The van der Waals surface area contributed by atoms with Crippen molar-refractivity contribution in [1.82, 2.24) is 4.98 Å². The number of para-hydroxylation sites is 1. The molecule has 0 aliphatic rings. The molecule has 6 heteroatoms. The first-order valence-electron chi connectivity index (χ1n) is 7.45. The number of amides is 1. The number of nitrogens with one attached hydrogen (secondary N) is 2. The van der Waals surface area contributed by atoms with Crippen molar-refractivity contribution < 1.29 is 9.18 Å². The van der Waals surface area contributed by atoms with E-state index in [0.717, 1.165) is 6.07 Å². The first-order valence-corrected chi connectivity index (χ1v) is 7.45. The maximum Gasteiger partial charge on any atom is 0.255 e. The Morgan fingerprint density at radius 3 is 2.64 bits per heavy atom. The molecule has 122 valence electrons. The number of halogens is 1. The molecule has 0 spiro atoms. The number of rotatable bonds is 4. The minimum atomic E-state index is -0.471. The number of pyridine rings is 1. The van der Waals surface area contributed by atoms with Crippen LogP contribution in [-0.2, 0) is 0 Å². The summed E-state index contributed by atoms with van der Waals surface area (Å²) < 4.78 is 13.2. The van der Waals surface area contributed by atoms with E-state index in [1.807, 2.05) is 6.07 Å². The Balaban J connectivity index is 1.70. The summed E-state index contributed by atoms with van der Waals surface area (Å²) in [4.78, 5) is 16.3. The number of benzene rings is 2. The van der Waals surface area contributed by atoms with Gasteiger partial charge in [-0.25, -0.2) is 9.37 Å². The highest BCUT2D eigenvalue weighted by Crippen LogP contribution is 2.20. The van der Waals surface area contributed by atoms with Crippen molar-refractivity contribution in [3.63, 3.8) is 0 Å². The minimum Gasteiger partial charge on any atom is -0.339 e. The molecule has 2 aromatic carbocycles. The first kappa shape index (κ1) is 16.1. The summed E-state index contributed by atoms with van der Waals surface area (Å²) >= 11 is 0. The molecule has 5 nitrogen and oxygen atoms in total. The van der Waals surface area contributed by atoms with E-state index in [9.17, 15) is 9.18 Å². The minimum absolute atomic E-state index is 0.227. The van der Waals surface area contributed by atoms with Crippen LogP contribution in [0.25, 0.3) is 0 Å². The Morgan fingerprint density at radius 2 is 1.92 bits per heavy atom. The lowest BCUT2D eigenvalue weighted by Gasteiger charge is -2.09. The summed E-state index contributed by atoms with van der Waals surface area (Å²) in [5.41, 5.74) is 1.86. The molecule has 3 aromatic rings. The number of nitriles is 1. The van der Waals surface area contributed by atoms with Gasteiger partial charge in [0.15, 0.2) is 0 Å². The SMILES string of the molecule is N#Cc1ccccc1Nc1ccc(NC(=O)c2cccc(F)c2)cn1. The van der Waals surface area contributed by atoms with Crippen molar-refractivity contribution in [2.24, 2.45) is 0 Å². The van der Waals surface area contributed by atoms with Gasteiger partial charge in [-0.05, 0) is 42.5 Å². The maximum absolute atomic E-state index is 13.2. The van der Waals surface area contributed by atoms with E-state index in [0.29, 0.717) is 22.8 Å². The molecule has 3 rings (SSSR count). The topological polar surface area (TPSA) is 77.8 Å². The van der Waals surface area contributed by atoms with E-state index in [1.54, 1.807) is 30.3 Å². The summed E-state index contributed by atoms with van der Waals surface area (Å²) in [5.74, 6) is -0.357. The molecule has 0 atom stereocenters. The van der Waals surface area contributed by atoms with E-state index in [-0.39, 0.29) is 5.56 Å². The van der Waals surface area contributed by atoms with Gasteiger partial charge >= 0.3 is 0 Å². The number of aromatic nitrogens is 1. The molecule has 1 heterocycles. The molecule has 0 fully saturated rings. The van der Waals surface area contributed by atoms with Crippen molar-refractivity contribution in [3.8, 4) is 6.07 Å². The van der Waals surface area contributed by atoms with Crippen LogP contribution in [0.2, 0.25) is 0 Å².